The SMILES string of the molecule is CCC=CC(=O)OC1CCC(c2ccc(Br)c(F)c2)CC1. The van der Waals surface area contributed by atoms with Crippen LogP contribution in [0, 0.1) is 5.82 Å². The van der Waals surface area contributed by atoms with Gasteiger partial charge in [-0.15, -0.1) is 0 Å². The van der Waals surface area contributed by atoms with E-state index in [1.807, 2.05) is 13.0 Å². The first-order valence-corrected chi connectivity index (χ1v) is 8.21. The van der Waals surface area contributed by atoms with Crippen molar-refractivity contribution < 1.29 is 13.9 Å². The Morgan fingerprint density at radius 3 is 2.71 bits per heavy atom. The molecule has 0 heterocycles. The number of hydrogen-bond donors (Lipinski definition) is 0. The standard InChI is InChI=1S/C17H20BrFO2/c1-2-3-4-17(20)21-14-8-5-12(6-9-14)13-7-10-15(18)16(19)11-13/h3-4,7,10-12,14H,2,5-6,8-9H2,1H3. The van der Waals surface area contributed by atoms with Crippen molar-refractivity contribution in [1.82, 2.24) is 0 Å². The van der Waals surface area contributed by atoms with Crippen LogP contribution in [-0.4, -0.2) is 12.1 Å². The molecule has 2 nitrogen and oxygen atoms in total. The summed E-state index contributed by atoms with van der Waals surface area (Å²) in [6.45, 7) is 1.98. The zero-order chi connectivity index (χ0) is 15.2. The maximum Gasteiger partial charge on any atom is 0.330 e. The molecule has 114 valence electrons. The van der Waals surface area contributed by atoms with E-state index in [1.54, 1.807) is 18.2 Å². The van der Waals surface area contributed by atoms with Crippen molar-refractivity contribution in [1.29, 1.82) is 0 Å². The number of carbonyl (C=O) groups is 1. The summed E-state index contributed by atoms with van der Waals surface area (Å²) >= 11 is 3.17. The number of allylic oxidation sites excluding steroid dienone is 1. The zero-order valence-electron chi connectivity index (χ0n) is 12.1. The van der Waals surface area contributed by atoms with E-state index in [4.69, 9.17) is 4.74 Å². The number of hydrogen-bond acceptors (Lipinski definition) is 2. The smallest absolute Gasteiger partial charge is 0.330 e. The first-order valence-electron chi connectivity index (χ1n) is 7.42. The van der Waals surface area contributed by atoms with Crippen LogP contribution in [0.5, 0.6) is 0 Å². The molecule has 4 heteroatoms. The summed E-state index contributed by atoms with van der Waals surface area (Å²) in [5.74, 6) is -0.116. The van der Waals surface area contributed by atoms with Gasteiger partial charge in [-0.3, -0.25) is 0 Å². The van der Waals surface area contributed by atoms with Crippen molar-refractivity contribution in [2.24, 2.45) is 0 Å². The lowest BCUT2D eigenvalue weighted by atomic mass is 9.83. The Hall–Kier alpha value is -1.16. The third-order valence-electron chi connectivity index (χ3n) is 3.86. The Morgan fingerprint density at radius 2 is 2.10 bits per heavy atom. The van der Waals surface area contributed by atoms with Gasteiger partial charge in [0, 0.05) is 6.08 Å². The van der Waals surface area contributed by atoms with Crippen LogP contribution in [0.25, 0.3) is 0 Å². The van der Waals surface area contributed by atoms with Gasteiger partial charge in [0.25, 0.3) is 0 Å². The summed E-state index contributed by atoms with van der Waals surface area (Å²) in [6, 6.07) is 5.32. The van der Waals surface area contributed by atoms with Crippen LogP contribution in [0.15, 0.2) is 34.8 Å². The number of carbonyl (C=O) groups excluding carboxylic acids is 1. The molecule has 1 fully saturated rings. The Bertz CT molecular complexity index is 520. The predicted octanol–water partition coefficient (Wildman–Crippen LogP) is 5.12. The highest BCUT2D eigenvalue weighted by atomic mass is 79.9. The quantitative estimate of drug-likeness (QED) is 0.553. The van der Waals surface area contributed by atoms with Crippen molar-refractivity contribution in [2.45, 2.75) is 51.0 Å². The summed E-state index contributed by atoms with van der Waals surface area (Å²) in [5, 5.41) is 0. The molecule has 1 saturated carbocycles. The number of benzene rings is 1. The second-order valence-corrected chi connectivity index (χ2v) is 6.25. The van der Waals surface area contributed by atoms with Crippen LogP contribution in [-0.2, 0) is 9.53 Å². The Balaban J connectivity index is 1.86. The number of halogens is 2. The van der Waals surface area contributed by atoms with E-state index in [0.717, 1.165) is 37.7 Å². The molecule has 2 rings (SSSR count). The molecule has 0 saturated heterocycles. The normalized spacial score (nSPS) is 22.4. The average molecular weight is 355 g/mol. The van der Waals surface area contributed by atoms with Crippen LogP contribution in [0.2, 0.25) is 0 Å². The Kier molecular flexibility index (Phi) is 5.97. The second kappa shape index (κ2) is 7.74. The fraction of sp³-hybridized carbons (Fsp3) is 0.471. The van der Waals surface area contributed by atoms with Gasteiger partial charge in [-0.05, 0) is 71.6 Å². The average Bonchev–Trinajstić information content (AvgIpc) is 2.49. The molecule has 1 aromatic rings. The van der Waals surface area contributed by atoms with Gasteiger partial charge in [0.1, 0.15) is 11.9 Å². The van der Waals surface area contributed by atoms with Gasteiger partial charge >= 0.3 is 5.97 Å². The topological polar surface area (TPSA) is 26.3 Å². The van der Waals surface area contributed by atoms with E-state index in [0.29, 0.717) is 10.4 Å². The van der Waals surface area contributed by atoms with Gasteiger partial charge < -0.3 is 4.74 Å². The van der Waals surface area contributed by atoms with Gasteiger partial charge in [0.2, 0.25) is 0 Å². The summed E-state index contributed by atoms with van der Waals surface area (Å²) in [4.78, 5) is 11.5. The third-order valence-corrected chi connectivity index (χ3v) is 4.50. The predicted molar refractivity (Wildman–Crippen MR) is 84.6 cm³/mol. The molecule has 1 aliphatic carbocycles. The van der Waals surface area contributed by atoms with E-state index >= 15 is 0 Å². The van der Waals surface area contributed by atoms with Crippen molar-refractivity contribution in [3.8, 4) is 0 Å². The van der Waals surface area contributed by atoms with Crippen LogP contribution < -0.4 is 0 Å². The van der Waals surface area contributed by atoms with E-state index in [2.05, 4.69) is 15.9 Å². The first kappa shape index (κ1) is 16.2. The van der Waals surface area contributed by atoms with Gasteiger partial charge in [0.15, 0.2) is 0 Å². The fourth-order valence-corrected chi connectivity index (χ4v) is 2.94. The molecule has 1 aliphatic rings. The molecule has 0 aromatic heterocycles. The van der Waals surface area contributed by atoms with E-state index in [9.17, 15) is 9.18 Å². The minimum Gasteiger partial charge on any atom is -0.459 e. The highest BCUT2D eigenvalue weighted by Gasteiger charge is 2.24. The van der Waals surface area contributed by atoms with Crippen molar-refractivity contribution >= 4 is 21.9 Å². The summed E-state index contributed by atoms with van der Waals surface area (Å²) in [5.41, 5.74) is 1.03. The van der Waals surface area contributed by atoms with Crippen LogP contribution in [0.1, 0.15) is 50.5 Å². The largest absolute Gasteiger partial charge is 0.459 e. The van der Waals surface area contributed by atoms with Gasteiger partial charge in [-0.2, -0.15) is 0 Å². The third kappa shape index (κ3) is 4.67. The molecule has 0 bridgehead atoms. The molecule has 0 aliphatic heterocycles. The minimum atomic E-state index is -0.255. The van der Waals surface area contributed by atoms with E-state index in [1.165, 1.54) is 6.08 Å². The highest BCUT2D eigenvalue weighted by Crippen LogP contribution is 2.35. The number of rotatable bonds is 4. The van der Waals surface area contributed by atoms with E-state index < -0.39 is 0 Å². The highest BCUT2D eigenvalue weighted by molar-refractivity contribution is 9.10. The molecular weight excluding hydrogens is 335 g/mol. The first-order chi connectivity index (χ1) is 10.1. The monoisotopic (exact) mass is 354 g/mol. The number of esters is 1. The minimum absolute atomic E-state index is 0.00412. The second-order valence-electron chi connectivity index (χ2n) is 5.39. The molecule has 0 N–H and O–H groups in total. The lowest BCUT2D eigenvalue weighted by molar-refractivity contribution is -0.144. The van der Waals surface area contributed by atoms with Crippen LogP contribution >= 0.6 is 15.9 Å². The van der Waals surface area contributed by atoms with E-state index in [-0.39, 0.29) is 17.9 Å². The maximum atomic E-state index is 13.6. The summed E-state index contributed by atoms with van der Waals surface area (Å²) in [7, 11) is 0. The molecule has 0 radical (unpaired) electrons. The Morgan fingerprint density at radius 1 is 1.38 bits per heavy atom. The molecule has 0 spiro atoms. The molecule has 1 aromatic carbocycles. The number of ether oxygens (including phenoxy) is 1. The molecular formula is C17H20BrFO2. The summed E-state index contributed by atoms with van der Waals surface area (Å²) in [6.07, 6.45) is 7.66. The summed E-state index contributed by atoms with van der Waals surface area (Å²) < 4.78 is 19.5. The lowest BCUT2D eigenvalue weighted by Crippen LogP contribution is -2.23. The molecule has 21 heavy (non-hydrogen) atoms. The molecule has 0 unspecified atom stereocenters. The van der Waals surface area contributed by atoms with Gasteiger partial charge in [-0.1, -0.05) is 19.1 Å². The van der Waals surface area contributed by atoms with Gasteiger partial charge in [-0.25, -0.2) is 9.18 Å². The maximum absolute atomic E-state index is 13.6. The van der Waals surface area contributed by atoms with Crippen molar-refractivity contribution in [3.05, 3.63) is 46.2 Å². The van der Waals surface area contributed by atoms with Gasteiger partial charge in [0.05, 0.1) is 4.47 Å². The molecule has 0 atom stereocenters. The van der Waals surface area contributed by atoms with Crippen molar-refractivity contribution in [2.75, 3.05) is 0 Å². The van der Waals surface area contributed by atoms with Crippen LogP contribution in [0.3, 0.4) is 0 Å². The Labute approximate surface area is 133 Å². The van der Waals surface area contributed by atoms with Crippen molar-refractivity contribution in [3.63, 3.8) is 0 Å². The van der Waals surface area contributed by atoms with Crippen LogP contribution in [0.4, 0.5) is 4.39 Å². The molecule has 0 amide bonds. The fourth-order valence-electron chi connectivity index (χ4n) is 2.70. The lowest BCUT2D eigenvalue weighted by Gasteiger charge is -2.28. The zero-order valence-corrected chi connectivity index (χ0v) is 13.7.